The lowest BCUT2D eigenvalue weighted by atomic mass is 9.96. The topological polar surface area (TPSA) is 49.8 Å². The van der Waals surface area contributed by atoms with Crippen LogP contribution in [0, 0.1) is 5.92 Å². The maximum Gasteiger partial charge on any atom is 0.193 e. The zero-order chi connectivity index (χ0) is 17.2. The van der Waals surface area contributed by atoms with Gasteiger partial charge in [0.05, 0.1) is 0 Å². The molecule has 0 bridgehead atoms. The Kier molecular flexibility index (Phi) is 8.33. The van der Waals surface area contributed by atoms with Crippen molar-refractivity contribution in [2.24, 2.45) is 10.9 Å². The van der Waals surface area contributed by atoms with Crippen molar-refractivity contribution >= 4 is 17.6 Å². The largest absolute Gasteiger partial charge is 0.381 e. The average molecular weight is 353 g/mol. The Morgan fingerprint density at radius 1 is 1.42 bits per heavy atom. The highest BCUT2D eigenvalue weighted by molar-refractivity contribution is 6.29. The molecule has 1 aliphatic rings. The summed E-state index contributed by atoms with van der Waals surface area (Å²) in [5.74, 6) is 1.76. The van der Waals surface area contributed by atoms with E-state index in [1.165, 1.54) is 19.3 Å². The Labute approximate surface area is 150 Å². The minimum absolute atomic E-state index is 0.531. The van der Waals surface area contributed by atoms with Gasteiger partial charge in [-0.3, -0.25) is 4.99 Å². The Bertz CT molecular complexity index is 500. The quantitative estimate of drug-likeness (QED) is 0.465. The molecule has 1 saturated heterocycles. The third-order valence-electron chi connectivity index (χ3n) is 4.36. The summed E-state index contributed by atoms with van der Waals surface area (Å²) in [5, 5.41) is 3.91. The van der Waals surface area contributed by atoms with Gasteiger partial charge in [0.1, 0.15) is 5.15 Å². The second-order valence-electron chi connectivity index (χ2n) is 6.24. The van der Waals surface area contributed by atoms with Crippen molar-refractivity contribution in [3.63, 3.8) is 0 Å². The third-order valence-corrected chi connectivity index (χ3v) is 4.58. The Morgan fingerprint density at radius 2 is 2.21 bits per heavy atom. The summed E-state index contributed by atoms with van der Waals surface area (Å²) in [5.41, 5.74) is 1.16. The molecule has 1 aromatic rings. The smallest absolute Gasteiger partial charge is 0.193 e. The van der Waals surface area contributed by atoms with Crippen LogP contribution >= 0.6 is 11.6 Å². The van der Waals surface area contributed by atoms with E-state index < -0.39 is 0 Å². The maximum atomic E-state index is 5.81. The molecule has 2 heterocycles. The summed E-state index contributed by atoms with van der Waals surface area (Å²) < 4.78 is 5.43. The van der Waals surface area contributed by atoms with Crippen molar-refractivity contribution < 1.29 is 4.74 Å². The standard InChI is InChI=1S/C18H29ClN4O/c1-3-20-18(21-10-6-16-4-5-17(19)22-14-16)23(2)11-7-15-8-12-24-13-9-15/h4-5,14-15H,3,6-13H2,1-2H3,(H,20,21). The first-order valence-electron chi connectivity index (χ1n) is 8.86. The second kappa shape index (κ2) is 10.5. The molecule has 0 saturated carbocycles. The molecule has 0 aliphatic carbocycles. The molecule has 0 aromatic carbocycles. The number of aliphatic imine (C=N–C) groups is 1. The molecule has 1 aromatic heterocycles. The van der Waals surface area contributed by atoms with E-state index in [2.05, 4.69) is 29.2 Å². The molecule has 0 spiro atoms. The Hall–Kier alpha value is -1.33. The van der Waals surface area contributed by atoms with Crippen molar-refractivity contribution in [3.8, 4) is 0 Å². The number of hydrogen-bond acceptors (Lipinski definition) is 3. The van der Waals surface area contributed by atoms with Crippen LogP contribution in [0.3, 0.4) is 0 Å². The van der Waals surface area contributed by atoms with Gasteiger partial charge in [-0.25, -0.2) is 4.98 Å². The zero-order valence-electron chi connectivity index (χ0n) is 14.8. The molecular formula is C18H29ClN4O. The summed E-state index contributed by atoms with van der Waals surface area (Å²) in [6.45, 7) is 6.58. The summed E-state index contributed by atoms with van der Waals surface area (Å²) in [6, 6.07) is 3.83. The van der Waals surface area contributed by atoms with E-state index >= 15 is 0 Å². The van der Waals surface area contributed by atoms with Crippen molar-refractivity contribution in [3.05, 3.63) is 29.0 Å². The van der Waals surface area contributed by atoms with Crippen LogP contribution in [0.25, 0.3) is 0 Å². The minimum Gasteiger partial charge on any atom is -0.381 e. The third kappa shape index (κ3) is 6.65. The monoisotopic (exact) mass is 352 g/mol. The van der Waals surface area contributed by atoms with E-state index in [4.69, 9.17) is 21.3 Å². The predicted molar refractivity (Wildman–Crippen MR) is 99.7 cm³/mol. The molecule has 24 heavy (non-hydrogen) atoms. The summed E-state index contributed by atoms with van der Waals surface area (Å²) in [6.07, 6.45) is 6.26. The van der Waals surface area contributed by atoms with Gasteiger partial charge in [0.15, 0.2) is 5.96 Å². The molecule has 0 radical (unpaired) electrons. The van der Waals surface area contributed by atoms with E-state index in [-0.39, 0.29) is 0 Å². The molecule has 0 unspecified atom stereocenters. The zero-order valence-corrected chi connectivity index (χ0v) is 15.6. The van der Waals surface area contributed by atoms with Gasteiger partial charge < -0.3 is 15.0 Å². The van der Waals surface area contributed by atoms with Crippen LogP contribution in [0.1, 0.15) is 31.7 Å². The van der Waals surface area contributed by atoms with Crippen molar-refractivity contribution in [1.82, 2.24) is 15.2 Å². The highest BCUT2D eigenvalue weighted by atomic mass is 35.5. The van der Waals surface area contributed by atoms with Crippen molar-refractivity contribution in [2.75, 3.05) is 39.9 Å². The first kappa shape index (κ1) is 19.0. The number of ether oxygens (including phenoxy) is 1. The Morgan fingerprint density at radius 3 is 2.88 bits per heavy atom. The van der Waals surface area contributed by atoms with Gasteiger partial charge in [-0.2, -0.15) is 0 Å². The van der Waals surface area contributed by atoms with Crippen LogP contribution in [0.15, 0.2) is 23.3 Å². The van der Waals surface area contributed by atoms with Gasteiger partial charge >= 0.3 is 0 Å². The molecule has 2 rings (SSSR count). The predicted octanol–water partition coefficient (Wildman–Crippen LogP) is 2.99. The number of nitrogens with one attached hydrogen (secondary N) is 1. The normalized spacial score (nSPS) is 16.2. The van der Waals surface area contributed by atoms with Crippen LogP contribution in [-0.4, -0.2) is 55.7 Å². The van der Waals surface area contributed by atoms with E-state index in [0.29, 0.717) is 5.15 Å². The van der Waals surface area contributed by atoms with Gasteiger partial charge in [0, 0.05) is 46.1 Å². The second-order valence-corrected chi connectivity index (χ2v) is 6.63. The molecule has 1 aliphatic heterocycles. The molecule has 6 heteroatoms. The number of hydrogen-bond donors (Lipinski definition) is 1. The number of rotatable bonds is 7. The number of aromatic nitrogens is 1. The molecule has 5 nitrogen and oxygen atoms in total. The fourth-order valence-electron chi connectivity index (χ4n) is 2.83. The fourth-order valence-corrected chi connectivity index (χ4v) is 2.94. The minimum atomic E-state index is 0.531. The van der Waals surface area contributed by atoms with Crippen LogP contribution in [-0.2, 0) is 11.2 Å². The van der Waals surface area contributed by atoms with Crippen LogP contribution in [0.5, 0.6) is 0 Å². The fraction of sp³-hybridized carbons (Fsp3) is 0.667. The summed E-state index contributed by atoms with van der Waals surface area (Å²) >= 11 is 5.81. The number of pyridine rings is 1. The molecule has 1 N–H and O–H groups in total. The van der Waals surface area contributed by atoms with Gasteiger partial charge in [-0.1, -0.05) is 17.7 Å². The number of nitrogens with zero attached hydrogens (tertiary/aromatic N) is 3. The van der Waals surface area contributed by atoms with Crippen LogP contribution < -0.4 is 5.32 Å². The van der Waals surface area contributed by atoms with E-state index in [1.807, 2.05) is 18.3 Å². The van der Waals surface area contributed by atoms with Gasteiger partial charge in [0.2, 0.25) is 0 Å². The average Bonchev–Trinajstić information content (AvgIpc) is 2.61. The van der Waals surface area contributed by atoms with E-state index in [1.54, 1.807) is 0 Å². The lowest BCUT2D eigenvalue weighted by Gasteiger charge is -2.26. The first-order chi connectivity index (χ1) is 11.7. The van der Waals surface area contributed by atoms with Crippen LogP contribution in [0.2, 0.25) is 5.15 Å². The van der Waals surface area contributed by atoms with Gasteiger partial charge in [0.25, 0.3) is 0 Å². The molecule has 0 amide bonds. The Balaban J connectivity index is 1.80. The number of halogens is 1. The first-order valence-corrected chi connectivity index (χ1v) is 9.24. The maximum absolute atomic E-state index is 5.81. The van der Waals surface area contributed by atoms with E-state index in [0.717, 1.165) is 56.7 Å². The SMILES string of the molecule is CCNC(=NCCc1ccc(Cl)nc1)N(C)CCC1CCOCC1. The highest BCUT2D eigenvalue weighted by Crippen LogP contribution is 2.18. The van der Waals surface area contributed by atoms with Crippen molar-refractivity contribution in [2.45, 2.75) is 32.6 Å². The molecule has 0 atom stereocenters. The molecular weight excluding hydrogens is 324 g/mol. The number of guanidine groups is 1. The van der Waals surface area contributed by atoms with Gasteiger partial charge in [-0.15, -0.1) is 0 Å². The van der Waals surface area contributed by atoms with Gasteiger partial charge in [-0.05, 0) is 50.2 Å². The van der Waals surface area contributed by atoms with E-state index in [9.17, 15) is 0 Å². The lowest BCUT2D eigenvalue weighted by molar-refractivity contribution is 0.0625. The lowest BCUT2D eigenvalue weighted by Crippen LogP contribution is -2.40. The van der Waals surface area contributed by atoms with Crippen molar-refractivity contribution in [1.29, 1.82) is 0 Å². The van der Waals surface area contributed by atoms with Crippen LogP contribution in [0.4, 0.5) is 0 Å². The summed E-state index contributed by atoms with van der Waals surface area (Å²) in [4.78, 5) is 11.1. The summed E-state index contributed by atoms with van der Waals surface area (Å²) in [7, 11) is 2.12. The molecule has 1 fully saturated rings. The molecule has 134 valence electrons. The highest BCUT2D eigenvalue weighted by Gasteiger charge is 2.15.